The Morgan fingerprint density at radius 2 is 2.17 bits per heavy atom. The van der Waals surface area contributed by atoms with Gasteiger partial charge in [-0.1, -0.05) is 11.6 Å². The quantitative estimate of drug-likeness (QED) is 0.361. The number of hydrogen-bond donors (Lipinski definition) is 0. The second-order valence-electron chi connectivity index (χ2n) is 1.71. The van der Waals surface area contributed by atoms with Gasteiger partial charge in [-0.15, -0.1) is 0 Å². The molecular weight excluding hydrogens is 197 g/mol. The molecule has 12 heavy (non-hydrogen) atoms. The smallest absolute Gasteiger partial charge is 0.223 e. The second kappa shape index (κ2) is 3.92. The van der Waals surface area contributed by atoms with Crippen LogP contribution in [0.1, 0.15) is 5.56 Å². The van der Waals surface area contributed by atoms with Crippen molar-refractivity contribution in [3.8, 4) is 17.9 Å². The van der Waals surface area contributed by atoms with Crippen molar-refractivity contribution >= 4 is 23.2 Å². The normalized spacial score (nSPS) is 8.08. The first-order valence-corrected chi connectivity index (χ1v) is 3.58. The second-order valence-corrected chi connectivity index (χ2v) is 2.40. The lowest BCUT2D eigenvalue weighted by Gasteiger charge is -1.92. The Morgan fingerprint density at radius 1 is 1.42 bits per heavy atom. The molecule has 1 aromatic rings. The zero-order chi connectivity index (χ0) is 8.97. The molecule has 0 saturated carbocycles. The van der Waals surface area contributed by atoms with E-state index < -0.39 is 0 Å². The van der Waals surface area contributed by atoms with Gasteiger partial charge in [-0.05, 0) is 17.5 Å². The average Bonchev–Trinajstić information content (AvgIpc) is 2.03. The van der Waals surface area contributed by atoms with Gasteiger partial charge in [0, 0.05) is 12.1 Å². The van der Waals surface area contributed by atoms with Gasteiger partial charge in [0.1, 0.15) is 5.15 Å². The molecule has 1 rings (SSSR count). The van der Waals surface area contributed by atoms with Gasteiger partial charge in [0.25, 0.3) is 0 Å². The summed E-state index contributed by atoms with van der Waals surface area (Å²) in [5, 5.41) is 8.35. The summed E-state index contributed by atoms with van der Waals surface area (Å²) >= 11 is 11.0. The lowest BCUT2D eigenvalue weighted by atomic mass is 10.3. The van der Waals surface area contributed by atoms with Crippen LogP contribution >= 0.6 is 23.2 Å². The van der Waals surface area contributed by atoms with Crippen LogP contribution in [-0.2, 0) is 0 Å². The Morgan fingerprint density at radius 3 is 2.75 bits per heavy atom. The molecule has 0 N–H and O–H groups in total. The van der Waals surface area contributed by atoms with Crippen LogP contribution in [0.2, 0.25) is 10.4 Å². The first kappa shape index (κ1) is 8.80. The molecular formula is C7HCl2N3. The minimum Gasteiger partial charge on any atom is -0.225 e. The predicted octanol–water partition coefficient (Wildman–Crippen LogP) is 1.66. The Labute approximate surface area is 79.0 Å². The maximum Gasteiger partial charge on any atom is 0.223 e. The average molecular weight is 198 g/mol. The van der Waals surface area contributed by atoms with E-state index in [0.29, 0.717) is 5.56 Å². The summed E-state index contributed by atoms with van der Waals surface area (Å²) in [7, 11) is 0. The Bertz CT molecular complexity index is 397. The van der Waals surface area contributed by atoms with Gasteiger partial charge in [-0.25, -0.2) is 9.97 Å². The highest BCUT2D eigenvalue weighted by Gasteiger charge is 1.99. The van der Waals surface area contributed by atoms with Crippen molar-refractivity contribution in [3.05, 3.63) is 22.2 Å². The molecule has 1 aromatic heterocycles. The van der Waals surface area contributed by atoms with Crippen molar-refractivity contribution in [2.24, 2.45) is 0 Å². The van der Waals surface area contributed by atoms with Crippen molar-refractivity contribution in [1.82, 2.24) is 9.97 Å². The number of nitrogens with zero attached hydrogens (tertiary/aromatic N) is 3. The first-order chi connectivity index (χ1) is 5.74. The summed E-state index contributed by atoms with van der Waals surface area (Å²) in [6.07, 6.45) is 1.36. The van der Waals surface area contributed by atoms with Gasteiger partial charge in [-0.2, -0.15) is 5.26 Å². The van der Waals surface area contributed by atoms with Gasteiger partial charge in [-0.3, -0.25) is 0 Å². The van der Waals surface area contributed by atoms with E-state index in [1.54, 1.807) is 6.07 Å². The van der Waals surface area contributed by atoms with Crippen LogP contribution in [0.3, 0.4) is 0 Å². The van der Waals surface area contributed by atoms with Gasteiger partial charge >= 0.3 is 0 Å². The molecule has 0 spiro atoms. The van der Waals surface area contributed by atoms with Crippen LogP contribution < -0.4 is 0 Å². The maximum atomic E-state index is 8.14. The first-order valence-electron chi connectivity index (χ1n) is 2.82. The minimum absolute atomic E-state index is 0.0579. The molecule has 0 aliphatic rings. The molecule has 3 nitrogen and oxygen atoms in total. The topological polar surface area (TPSA) is 49.6 Å². The van der Waals surface area contributed by atoms with Crippen LogP contribution in [-0.4, -0.2) is 9.97 Å². The van der Waals surface area contributed by atoms with Crippen LogP contribution in [0, 0.1) is 23.2 Å². The highest BCUT2D eigenvalue weighted by Crippen LogP contribution is 2.12. The molecule has 0 amide bonds. The summed E-state index contributed by atoms with van der Waals surface area (Å²) in [5.74, 6) is 4.64. The lowest BCUT2D eigenvalue weighted by molar-refractivity contribution is 1.16. The van der Waals surface area contributed by atoms with E-state index in [4.69, 9.17) is 28.5 Å². The van der Waals surface area contributed by atoms with Crippen molar-refractivity contribution in [3.63, 3.8) is 0 Å². The molecule has 0 unspecified atom stereocenters. The minimum atomic E-state index is 0.0579. The number of hydrogen-bond acceptors (Lipinski definition) is 3. The molecule has 0 fully saturated rings. The third-order valence-electron chi connectivity index (χ3n) is 0.966. The molecule has 0 radical (unpaired) electrons. The van der Waals surface area contributed by atoms with E-state index in [2.05, 4.69) is 21.8 Å². The number of rotatable bonds is 0. The summed E-state index contributed by atoms with van der Waals surface area (Å²) in [5.41, 5.74) is 0.391. The van der Waals surface area contributed by atoms with E-state index >= 15 is 0 Å². The molecule has 0 saturated heterocycles. The number of aromatic nitrogens is 2. The predicted molar refractivity (Wildman–Crippen MR) is 44.5 cm³/mol. The molecule has 58 valence electrons. The Balaban J connectivity index is 3.12. The monoisotopic (exact) mass is 197 g/mol. The fourth-order valence-electron chi connectivity index (χ4n) is 0.520. The number of halogens is 2. The SMILES string of the molecule is N#CC#Cc1cnc(Cl)nc1Cl. The van der Waals surface area contributed by atoms with Crippen LogP contribution in [0.15, 0.2) is 6.20 Å². The highest BCUT2D eigenvalue weighted by molar-refractivity contribution is 6.32. The molecule has 0 aliphatic carbocycles. The van der Waals surface area contributed by atoms with E-state index in [9.17, 15) is 0 Å². The van der Waals surface area contributed by atoms with Gasteiger partial charge in [0.05, 0.1) is 5.56 Å². The standard InChI is InChI=1S/C7HCl2N3/c8-6-5(2-1-3-10)4-11-7(9)12-6/h4H. The molecule has 0 aromatic carbocycles. The van der Waals surface area contributed by atoms with Crippen molar-refractivity contribution < 1.29 is 0 Å². The summed E-state index contributed by atoms with van der Waals surface area (Å²) in [6, 6.07) is 1.65. The van der Waals surface area contributed by atoms with Crippen molar-refractivity contribution in [2.45, 2.75) is 0 Å². The maximum absolute atomic E-state index is 8.14. The van der Waals surface area contributed by atoms with E-state index in [0.717, 1.165) is 0 Å². The molecule has 5 heteroatoms. The van der Waals surface area contributed by atoms with Crippen LogP contribution in [0.25, 0.3) is 0 Å². The highest BCUT2D eigenvalue weighted by atomic mass is 35.5. The van der Waals surface area contributed by atoms with E-state index in [1.165, 1.54) is 6.20 Å². The van der Waals surface area contributed by atoms with Gasteiger partial charge in [0.2, 0.25) is 5.28 Å². The summed E-state index contributed by atoms with van der Waals surface area (Å²) in [4.78, 5) is 7.29. The Hall–Kier alpha value is -1.29. The number of nitriles is 1. The molecule has 0 bridgehead atoms. The molecule has 0 atom stereocenters. The van der Waals surface area contributed by atoms with Crippen LogP contribution in [0.5, 0.6) is 0 Å². The summed E-state index contributed by atoms with van der Waals surface area (Å²) in [6.45, 7) is 0. The van der Waals surface area contributed by atoms with Crippen molar-refractivity contribution in [1.29, 1.82) is 5.26 Å². The fraction of sp³-hybridized carbons (Fsp3) is 0. The molecule has 0 aliphatic heterocycles. The lowest BCUT2D eigenvalue weighted by Crippen LogP contribution is -1.86. The Kier molecular flexibility index (Phi) is 2.88. The third kappa shape index (κ3) is 2.10. The van der Waals surface area contributed by atoms with Crippen LogP contribution in [0.4, 0.5) is 0 Å². The summed E-state index contributed by atoms with van der Waals surface area (Å²) < 4.78 is 0. The third-order valence-corrected chi connectivity index (χ3v) is 1.44. The van der Waals surface area contributed by atoms with Gasteiger partial charge < -0.3 is 0 Å². The molecule has 1 heterocycles. The van der Waals surface area contributed by atoms with E-state index in [-0.39, 0.29) is 10.4 Å². The van der Waals surface area contributed by atoms with Crippen molar-refractivity contribution in [2.75, 3.05) is 0 Å². The van der Waals surface area contributed by atoms with E-state index in [1.807, 2.05) is 0 Å². The largest absolute Gasteiger partial charge is 0.225 e. The fourth-order valence-corrected chi connectivity index (χ4v) is 0.873. The zero-order valence-corrected chi connectivity index (χ0v) is 7.19. The van der Waals surface area contributed by atoms with Gasteiger partial charge in [0.15, 0.2) is 6.07 Å². The zero-order valence-electron chi connectivity index (χ0n) is 5.67.